The van der Waals surface area contributed by atoms with Crippen LogP contribution >= 0.6 is 0 Å². The number of rotatable bonds is 4. The van der Waals surface area contributed by atoms with Gasteiger partial charge < -0.3 is 4.57 Å². The maximum atomic E-state index is 4.67. The molecule has 0 N–H and O–H groups in total. The standard InChI is InChI=1S/C15H22N4/c1-6-7-19-9-16-8-13(19)15-17-11(4)14(10(2)3)12(5)18-15/h8-10H,6-7H2,1-5H3. The van der Waals surface area contributed by atoms with Gasteiger partial charge in [0.05, 0.1) is 12.5 Å². The number of hydrogen-bond acceptors (Lipinski definition) is 3. The first-order valence-electron chi connectivity index (χ1n) is 6.90. The zero-order valence-electron chi connectivity index (χ0n) is 12.4. The van der Waals surface area contributed by atoms with Gasteiger partial charge in [-0.05, 0) is 31.7 Å². The van der Waals surface area contributed by atoms with Crippen LogP contribution in [0.4, 0.5) is 0 Å². The first-order valence-corrected chi connectivity index (χ1v) is 6.90. The molecule has 0 aromatic carbocycles. The number of nitrogens with zero attached hydrogens (tertiary/aromatic N) is 4. The molecule has 0 spiro atoms. The van der Waals surface area contributed by atoms with E-state index < -0.39 is 0 Å². The summed E-state index contributed by atoms with van der Waals surface area (Å²) in [6.45, 7) is 11.6. The van der Waals surface area contributed by atoms with E-state index in [1.807, 2.05) is 12.5 Å². The van der Waals surface area contributed by atoms with Gasteiger partial charge in [0.2, 0.25) is 0 Å². The molecule has 0 saturated carbocycles. The molecule has 0 atom stereocenters. The Morgan fingerprint density at radius 2 is 1.79 bits per heavy atom. The van der Waals surface area contributed by atoms with Crippen molar-refractivity contribution in [2.75, 3.05) is 0 Å². The van der Waals surface area contributed by atoms with Crippen LogP contribution < -0.4 is 0 Å². The largest absolute Gasteiger partial charge is 0.328 e. The Balaban J connectivity index is 2.49. The van der Waals surface area contributed by atoms with Crippen molar-refractivity contribution in [2.24, 2.45) is 0 Å². The van der Waals surface area contributed by atoms with Gasteiger partial charge >= 0.3 is 0 Å². The minimum absolute atomic E-state index is 0.453. The Hall–Kier alpha value is -1.71. The predicted molar refractivity (Wildman–Crippen MR) is 77.1 cm³/mol. The number of aryl methyl sites for hydroxylation is 3. The Morgan fingerprint density at radius 3 is 2.32 bits per heavy atom. The summed E-state index contributed by atoms with van der Waals surface area (Å²) in [4.78, 5) is 13.6. The Kier molecular flexibility index (Phi) is 3.98. The maximum absolute atomic E-state index is 4.67. The molecule has 2 aromatic heterocycles. The average Bonchev–Trinajstić information content (AvgIpc) is 2.76. The molecule has 2 aromatic rings. The minimum Gasteiger partial charge on any atom is -0.328 e. The molecule has 0 aliphatic rings. The summed E-state index contributed by atoms with van der Waals surface area (Å²) in [5.41, 5.74) is 4.40. The fourth-order valence-electron chi connectivity index (χ4n) is 2.60. The lowest BCUT2D eigenvalue weighted by atomic mass is 10.00. The Labute approximate surface area is 114 Å². The third-order valence-electron chi connectivity index (χ3n) is 3.31. The van der Waals surface area contributed by atoms with Gasteiger partial charge in [0.1, 0.15) is 5.69 Å². The van der Waals surface area contributed by atoms with Crippen molar-refractivity contribution in [2.45, 2.75) is 53.5 Å². The lowest BCUT2D eigenvalue weighted by Crippen LogP contribution is -2.06. The maximum Gasteiger partial charge on any atom is 0.178 e. The van der Waals surface area contributed by atoms with Crippen molar-refractivity contribution in [3.63, 3.8) is 0 Å². The van der Waals surface area contributed by atoms with Crippen LogP contribution in [0.5, 0.6) is 0 Å². The van der Waals surface area contributed by atoms with Crippen LogP contribution in [0, 0.1) is 13.8 Å². The smallest absolute Gasteiger partial charge is 0.178 e. The summed E-state index contributed by atoms with van der Waals surface area (Å²) in [5, 5.41) is 0. The summed E-state index contributed by atoms with van der Waals surface area (Å²) in [5.74, 6) is 1.24. The van der Waals surface area contributed by atoms with Gasteiger partial charge in [-0.2, -0.15) is 0 Å². The zero-order valence-corrected chi connectivity index (χ0v) is 12.4. The second kappa shape index (κ2) is 5.51. The van der Waals surface area contributed by atoms with Crippen molar-refractivity contribution in [3.8, 4) is 11.5 Å². The molecule has 0 radical (unpaired) electrons. The lowest BCUT2D eigenvalue weighted by Gasteiger charge is -2.14. The second-order valence-corrected chi connectivity index (χ2v) is 5.26. The zero-order chi connectivity index (χ0) is 14.0. The van der Waals surface area contributed by atoms with Gasteiger partial charge in [0, 0.05) is 17.9 Å². The predicted octanol–water partition coefficient (Wildman–Crippen LogP) is 3.49. The molecule has 4 nitrogen and oxygen atoms in total. The average molecular weight is 258 g/mol. The first-order chi connectivity index (χ1) is 9.04. The number of imidazole rings is 1. The van der Waals surface area contributed by atoms with Crippen LogP contribution in [0.25, 0.3) is 11.5 Å². The summed E-state index contributed by atoms with van der Waals surface area (Å²) in [6.07, 6.45) is 4.77. The molecule has 0 aliphatic heterocycles. The van der Waals surface area contributed by atoms with Crippen LogP contribution in [-0.2, 0) is 6.54 Å². The van der Waals surface area contributed by atoms with Gasteiger partial charge in [-0.1, -0.05) is 20.8 Å². The Morgan fingerprint density at radius 1 is 1.16 bits per heavy atom. The van der Waals surface area contributed by atoms with Crippen LogP contribution in [-0.4, -0.2) is 19.5 Å². The molecule has 4 heteroatoms. The summed E-state index contributed by atoms with van der Waals surface area (Å²) in [6, 6.07) is 0. The SMILES string of the molecule is CCCn1cncc1-c1nc(C)c(C(C)C)c(C)n1. The van der Waals surface area contributed by atoms with E-state index in [1.165, 1.54) is 5.56 Å². The van der Waals surface area contributed by atoms with Crippen molar-refractivity contribution in [1.29, 1.82) is 0 Å². The number of aromatic nitrogens is 4. The van der Waals surface area contributed by atoms with Gasteiger partial charge in [-0.15, -0.1) is 0 Å². The monoisotopic (exact) mass is 258 g/mol. The van der Waals surface area contributed by atoms with Gasteiger partial charge in [0.25, 0.3) is 0 Å². The summed E-state index contributed by atoms with van der Waals surface area (Å²) in [7, 11) is 0. The second-order valence-electron chi connectivity index (χ2n) is 5.26. The molecular weight excluding hydrogens is 236 g/mol. The molecule has 0 amide bonds. The molecule has 0 fully saturated rings. The number of hydrogen-bond donors (Lipinski definition) is 0. The minimum atomic E-state index is 0.453. The van der Waals surface area contributed by atoms with E-state index in [-0.39, 0.29) is 0 Å². The topological polar surface area (TPSA) is 43.6 Å². The fourth-order valence-corrected chi connectivity index (χ4v) is 2.60. The van der Waals surface area contributed by atoms with Gasteiger partial charge in [-0.25, -0.2) is 15.0 Å². The van der Waals surface area contributed by atoms with E-state index in [2.05, 4.69) is 54.1 Å². The molecule has 0 bridgehead atoms. The quantitative estimate of drug-likeness (QED) is 0.843. The molecule has 2 rings (SSSR count). The molecule has 0 unspecified atom stereocenters. The molecule has 102 valence electrons. The molecule has 2 heterocycles. The van der Waals surface area contributed by atoms with Crippen LogP contribution in [0.15, 0.2) is 12.5 Å². The third-order valence-corrected chi connectivity index (χ3v) is 3.31. The van der Waals surface area contributed by atoms with Crippen molar-refractivity contribution in [3.05, 3.63) is 29.5 Å². The fraction of sp³-hybridized carbons (Fsp3) is 0.533. The van der Waals surface area contributed by atoms with E-state index in [0.717, 1.165) is 35.9 Å². The van der Waals surface area contributed by atoms with E-state index >= 15 is 0 Å². The van der Waals surface area contributed by atoms with E-state index in [0.29, 0.717) is 5.92 Å². The lowest BCUT2D eigenvalue weighted by molar-refractivity contribution is 0.680. The van der Waals surface area contributed by atoms with Gasteiger partial charge in [-0.3, -0.25) is 0 Å². The van der Waals surface area contributed by atoms with Crippen molar-refractivity contribution >= 4 is 0 Å². The highest BCUT2D eigenvalue weighted by molar-refractivity contribution is 5.50. The normalized spacial score (nSPS) is 11.3. The van der Waals surface area contributed by atoms with Crippen LogP contribution in [0.2, 0.25) is 0 Å². The van der Waals surface area contributed by atoms with Crippen molar-refractivity contribution in [1.82, 2.24) is 19.5 Å². The first kappa shape index (κ1) is 13.7. The Bertz CT molecular complexity index is 546. The molecule has 19 heavy (non-hydrogen) atoms. The van der Waals surface area contributed by atoms with E-state index in [1.54, 1.807) is 0 Å². The van der Waals surface area contributed by atoms with Crippen molar-refractivity contribution < 1.29 is 0 Å². The third kappa shape index (κ3) is 2.67. The summed E-state index contributed by atoms with van der Waals surface area (Å²) < 4.78 is 2.11. The van der Waals surface area contributed by atoms with Crippen LogP contribution in [0.3, 0.4) is 0 Å². The molecular formula is C15H22N4. The molecule has 0 aliphatic carbocycles. The molecule has 0 saturated heterocycles. The van der Waals surface area contributed by atoms with Crippen LogP contribution in [0.1, 0.15) is 50.1 Å². The van der Waals surface area contributed by atoms with Gasteiger partial charge in [0.15, 0.2) is 5.82 Å². The van der Waals surface area contributed by atoms with E-state index in [9.17, 15) is 0 Å². The highest BCUT2D eigenvalue weighted by Crippen LogP contribution is 2.24. The van der Waals surface area contributed by atoms with E-state index in [4.69, 9.17) is 0 Å². The highest BCUT2D eigenvalue weighted by Gasteiger charge is 2.14. The summed E-state index contributed by atoms with van der Waals surface area (Å²) >= 11 is 0. The highest BCUT2D eigenvalue weighted by atomic mass is 15.1.